The zero-order valence-corrected chi connectivity index (χ0v) is 8.13. The summed E-state index contributed by atoms with van der Waals surface area (Å²) >= 11 is 0. The van der Waals surface area contributed by atoms with Gasteiger partial charge in [-0.05, 0) is 25.8 Å². The van der Waals surface area contributed by atoms with Crippen LogP contribution in [-0.2, 0) is 0 Å². The van der Waals surface area contributed by atoms with Crippen LogP contribution in [0.4, 0.5) is 0 Å². The minimum absolute atomic E-state index is 0.750. The third kappa shape index (κ3) is 9.44. The standard InChI is InChI=1S/C11H21N/c1-2-3-4-5-6-7-8-9-10-11-12/h6-9H,2-5,10-12H2,1H3/b7-6+,9-8+. The molecule has 12 heavy (non-hydrogen) atoms. The molecule has 0 unspecified atom stereocenters. The van der Waals surface area contributed by atoms with Crippen molar-refractivity contribution in [3.05, 3.63) is 24.3 Å². The maximum Gasteiger partial charge on any atom is -0.00425 e. The highest BCUT2D eigenvalue weighted by Crippen LogP contribution is 1.99. The van der Waals surface area contributed by atoms with Gasteiger partial charge in [-0.1, -0.05) is 44.1 Å². The highest BCUT2D eigenvalue weighted by molar-refractivity contribution is 5.02. The molecule has 0 saturated heterocycles. The number of hydrogen-bond donors (Lipinski definition) is 1. The number of hydrogen-bond acceptors (Lipinski definition) is 1. The Balaban J connectivity index is 3.13. The molecule has 0 heterocycles. The molecule has 0 amide bonds. The SMILES string of the molecule is CCCCC/C=C/C=C/CCN. The largest absolute Gasteiger partial charge is 0.330 e. The van der Waals surface area contributed by atoms with Crippen molar-refractivity contribution in [1.29, 1.82) is 0 Å². The molecule has 0 fully saturated rings. The Morgan fingerprint density at radius 2 is 1.67 bits per heavy atom. The van der Waals surface area contributed by atoms with Gasteiger partial charge in [0.15, 0.2) is 0 Å². The fourth-order valence-corrected chi connectivity index (χ4v) is 0.958. The van der Waals surface area contributed by atoms with Crippen LogP contribution in [0, 0.1) is 0 Å². The maximum absolute atomic E-state index is 5.33. The summed E-state index contributed by atoms with van der Waals surface area (Å²) in [6.45, 7) is 2.98. The Hall–Kier alpha value is -0.560. The van der Waals surface area contributed by atoms with Gasteiger partial charge in [-0.15, -0.1) is 0 Å². The molecule has 0 radical (unpaired) electrons. The Morgan fingerprint density at radius 3 is 2.25 bits per heavy atom. The third-order valence-corrected chi connectivity index (χ3v) is 1.69. The zero-order chi connectivity index (χ0) is 9.07. The molecule has 0 atom stereocenters. The van der Waals surface area contributed by atoms with Crippen LogP contribution < -0.4 is 5.73 Å². The zero-order valence-electron chi connectivity index (χ0n) is 8.13. The van der Waals surface area contributed by atoms with E-state index in [1.165, 1.54) is 25.7 Å². The van der Waals surface area contributed by atoms with Crippen LogP contribution in [0.2, 0.25) is 0 Å². The van der Waals surface area contributed by atoms with Gasteiger partial charge in [-0.25, -0.2) is 0 Å². The number of nitrogens with two attached hydrogens (primary N) is 1. The van der Waals surface area contributed by atoms with Crippen molar-refractivity contribution in [3.8, 4) is 0 Å². The molecule has 2 N–H and O–H groups in total. The van der Waals surface area contributed by atoms with E-state index in [1.807, 2.05) is 0 Å². The Kier molecular flexibility index (Phi) is 9.95. The molecule has 0 aromatic rings. The third-order valence-electron chi connectivity index (χ3n) is 1.69. The van der Waals surface area contributed by atoms with E-state index < -0.39 is 0 Å². The molecule has 1 nitrogen and oxygen atoms in total. The van der Waals surface area contributed by atoms with Crippen molar-refractivity contribution in [1.82, 2.24) is 0 Å². The van der Waals surface area contributed by atoms with E-state index >= 15 is 0 Å². The lowest BCUT2D eigenvalue weighted by Gasteiger charge is -1.89. The molecule has 0 aliphatic rings. The van der Waals surface area contributed by atoms with Crippen molar-refractivity contribution < 1.29 is 0 Å². The van der Waals surface area contributed by atoms with Gasteiger partial charge < -0.3 is 5.73 Å². The first-order valence-electron chi connectivity index (χ1n) is 4.93. The quantitative estimate of drug-likeness (QED) is 0.458. The first-order chi connectivity index (χ1) is 5.91. The van der Waals surface area contributed by atoms with Gasteiger partial charge >= 0.3 is 0 Å². The summed E-state index contributed by atoms with van der Waals surface area (Å²) in [5, 5.41) is 0. The van der Waals surface area contributed by atoms with Gasteiger partial charge in [0.05, 0.1) is 0 Å². The van der Waals surface area contributed by atoms with Gasteiger partial charge in [0.1, 0.15) is 0 Å². The fraction of sp³-hybridized carbons (Fsp3) is 0.636. The molecule has 0 saturated carbocycles. The molecule has 70 valence electrons. The summed E-state index contributed by atoms with van der Waals surface area (Å²) in [6, 6.07) is 0. The molecule has 0 aliphatic heterocycles. The average molecular weight is 167 g/mol. The van der Waals surface area contributed by atoms with Crippen LogP contribution in [0.15, 0.2) is 24.3 Å². The molecule has 0 aromatic carbocycles. The van der Waals surface area contributed by atoms with Crippen molar-refractivity contribution >= 4 is 0 Å². The topological polar surface area (TPSA) is 26.0 Å². The molecule has 1 heteroatoms. The second-order valence-corrected chi connectivity index (χ2v) is 2.93. The van der Waals surface area contributed by atoms with Crippen LogP contribution >= 0.6 is 0 Å². The monoisotopic (exact) mass is 167 g/mol. The van der Waals surface area contributed by atoms with E-state index in [9.17, 15) is 0 Å². The summed E-state index contributed by atoms with van der Waals surface area (Å²) in [5.74, 6) is 0. The van der Waals surface area contributed by atoms with E-state index in [1.54, 1.807) is 0 Å². The van der Waals surface area contributed by atoms with Crippen molar-refractivity contribution in [2.24, 2.45) is 5.73 Å². The van der Waals surface area contributed by atoms with Gasteiger partial charge in [0.2, 0.25) is 0 Å². The van der Waals surface area contributed by atoms with E-state index in [-0.39, 0.29) is 0 Å². The lowest BCUT2D eigenvalue weighted by atomic mass is 10.2. The van der Waals surface area contributed by atoms with Gasteiger partial charge in [-0.2, -0.15) is 0 Å². The highest BCUT2D eigenvalue weighted by atomic mass is 14.5. The van der Waals surface area contributed by atoms with Crippen LogP contribution in [-0.4, -0.2) is 6.54 Å². The minimum Gasteiger partial charge on any atom is -0.330 e. The molecule has 0 rings (SSSR count). The average Bonchev–Trinajstić information content (AvgIpc) is 2.10. The first kappa shape index (κ1) is 11.4. The molecule has 0 aromatic heterocycles. The van der Waals surface area contributed by atoms with Crippen molar-refractivity contribution in [2.45, 2.75) is 39.0 Å². The van der Waals surface area contributed by atoms with E-state index in [0.29, 0.717) is 0 Å². The van der Waals surface area contributed by atoms with Crippen molar-refractivity contribution in [3.63, 3.8) is 0 Å². The summed E-state index contributed by atoms with van der Waals surface area (Å²) in [4.78, 5) is 0. The predicted molar refractivity (Wildman–Crippen MR) is 56.1 cm³/mol. The van der Waals surface area contributed by atoms with Crippen LogP contribution in [0.1, 0.15) is 39.0 Å². The summed E-state index contributed by atoms with van der Waals surface area (Å²) in [6.07, 6.45) is 14.7. The van der Waals surface area contributed by atoms with Crippen LogP contribution in [0.3, 0.4) is 0 Å². The predicted octanol–water partition coefficient (Wildman–Crippen LogP) is 3.03. The lowest BCUT2D eigenvalue weighted by molar-refractivity contribution is 0.729. The van der Waals surface area contributed by atoms with Crippen LogP contribution in [0.5, 0.6) is 0 Å². The fourth-order valence-electron chi connectivity index (χ4n) is 0.958. The first-order valence-corrected chi connectivity index (χ1v) is 4.93. The van der Waals surface area contributed by atoms with Gasteiger partial charge in [0.25, 0.3) is 0 Å². The summed E-state index contributed by atoms with van der Waals surface area (Å²) < 4.78 is 0. The van der Waals surface area contributed by atoms with Gasteiger partial charge in [0, 0.05) is 0 Å². The Labute approximate surface area is 76.3 Å². The second kappa shape index (κ2) is 10.4. The van der Waals surface area contributed by atoms with E-state index in [0.717, 1.165) is 13.0 Å². The Bertz CT molecular complexity index is 125. The summed E-state index contributed by atoms with van der Waals surface area (Å²) in [5.41, 5.74) is 5.33. The maximum atomic E-state index is 5.33. The highest BCUT2D eigenvalue weighted by Gasteiger charge is 1.79. The molecular weight excluding hydrogens is 146 g/mol. The summed E-state index contributed by atoms with van der Waals surface area (Å²) in [7, 11) is 0. The Morgan fingerprint density at radius 1 is 1.00 bits per heavy atom. The molecule has 0 aliphatic carbocycles. The molecule has 0 bridgehead atoms. The number of rotatable bonds is 7. The normalized spacial score (nSPS) is 11.8. The number of allylic oxidation sites excluding steroid dienone is 3. The number of unbranched alkanes of at least 4 members (excludes halogenated alkanes) is 3. The minimum atomic E-state index is 0.750. The van der Waals surface area contributed by atoms with E-state index in [4.69, 9.17) is 5.73 Å². The van der Waals surface area contributed by atoms with Crippen LogP contribution in [0.25, 0.3) is 0 Å². The van der Waals surface area contributed by atoms with E-state index in [2.05, 4.69) is 31.2 Å². The van der Waals surface area contributed by atoms with Gasteiger partial charge in [-0.3, -0.25) is 0 Å². The smallest absolute Gasteiger partial charge is 0.00425 e. The van der Waals surface area contributed by atoms with Crippen molar-refractivity contribution in [2.75, 3.05) is 6.54 Å². The lowest BCUT2D eigenvalue weighted by Crippen LogP contribution is -1.94. The molecular formula is C11H21N. The second-order valence-electron chi connectivity index (χ2n) is 2.93. The molecule has 0 spiro atoms.